The fourth-order valence-electron chi connectivity index (χ4n) is 4.13. The summed E-state index contributed by atoms with van der Waals surface area (Å²) in [5.74, 6) is 1.44. The Morgan fingerprint density at radius 2 is 1.74 bits per heavy atom. The number of carbonyl (C=O) groups excluding carboxylic acids is 1. The summed E-state index contributed by atoms with van der Waals surface area (Å²) in [7, 11) is 5.30. The van der Waals surface area contributed by atoms with E-state index in [2.05, 4.69) is 0 Å². The molecule has 0 bridgehead atoms. The van der Waals surface area contributed by atoms with Gasteiger partial charge in [-0.05, 0) is 30.7 Å². The van der Waals surface area contributed by atoms with Crippen LogP contribution in [-0.4, -0.2) is 64.8 Å². The Morgan fingerprint density at radius 3 is 2.39 bits per heavy atom. The van der Waals surface area contributed by atoms with Crippen LogP contribution in [0, 0.1) is 12.7 Å². The molecule has 0 saturated carbocycles. The third-order valence-corrected chi connectivity index (χ3v) is 6.01. The van der Waals surface area contributed by atoms with Crippen molar-refractivity contribution >= 4 is 5.91 Å². The number of hydrogen-bond donors (Lipinski definition) is 2. The van der Waals surface area contributed by atoms with Gasteiger partial charge in [0.25, 0.3) is 5.91 Å². The maximum Gasteiger partial charge on any atom is 0.278 e. The third kappa shape index (κ3) is 5.95. The van der Waals surface area contributed by atoms with E-state index in [1.54, 1.807) is 20.3 Å². The molecule has 1 fully saturated rings. The van der Waals surface area contributed by atoms with Crippen molar-refractivity contribution in [2.75, 3.05) is 54.0 Å². The fraction of sp³-hybridized carbons (Fsp3) is 0.458. The minimum absolute atomic E-state index is 0.149. The number of nitrogens with one attached hydrogen (secondary N) is 2. The van der Waals surface area contributed by atoms with Crippen molar-refractivity contribution in [1.29, 1.82) is 0 Å². The molecule has 1 heterocycles. The first-order valence-corrected chi connectivity index (χ1v) is 10.8. The summed E-state index contributed by atoms with van der Waals surface area (Å²) in [6.45, 7) is 6.99. The Kier molecular flexibility index (Phi) is 7.87. The van der Waals surface area contributed by atoms with Gasteiger partial charge in [-0.3, -0.25) is 4.79 Å². The van der Waals surface area contributed by atoms with Gasteiger partial charge in [0.05, 0.1) is 47.4 Å². The minimum atomic E-state index is -0.149. The molecule has 2 aromatic rings. The van der Waals surface area contributed by atoms with Gasteiger partial charge in [0.1, 0.15) is 18.9 Å². The molecule has 0 aliphatic carbocycles. The quantitative estimate of drug-likeness (QED) is 0.623. The lowest BCUT2D eigenvalue weighted by atomic mass is 10.1. The highest BCUT2D eigenvalue weighted by molar-refractivity contribution is 5.77. The molecule has 1 atom stereocenters. The number of quaternary nitrogens is 2. The third-order valence-electron chi connectivity index (χ3n) is 6.01. The van der Waals surface area contributed by atoms with Gasteiger partial charge in [0.15, 0.2) is 18.0 Å². The van der Waals surface area contributed by atoms with Crippen molar-refractivity contribution in [3.8, 4) is 11.5 Å². The van der Waals surface area contributed by atoms with Crippen LogP contribution in [0.5, 0.6) is 11.5 Å². The van der Waals surface area contributed by atoms with Gasteiger partial charge >= 0.3 is 0 Å². The second kappa shape index (κ2) is 10.6. The molecule has 0 spiro atoms. The zero-order chi connectivity index (χ0) is 22.4. The Labute approximate surface area is 184 Å². The van der Waals surface area contributed by atoms with Crippen LogP contribution in [0.4, 0.5) is 4.39 Å². The Hall–Kier alpha value is -2.64. The maximum absolute atomic E-state index is 13.9. The number of ether oxygens (including phenoxy) is 2. The van der Waals surface area contributed by atoms with Gasteiger partial charge in [-0.1, -0.05) is 18.2 Å². The van der Waals surface area contributed by atoms with Gasteiger partial charge in [-0.25, -0.2) is 4.39 Å². The zero-order valence-corrected chi connectivity index (χ0v) is 19.0. The summed E-state index contributed by atoms with van der Waals surface area (Å²) < 4.78 is 24.7. The number of hydrogen-bond acceptors (Lipinski definition) is 3. The molecule has 1 unspecified atom stereocenters. The van der Waals surface area contributed by atoms with E-state index in [0.717, 1.165) is 41.2 Å². The van der Waals surface area contributed by atoms with Crippen LogP contribution in [0.3, 0.4) is 0 Å². The van der Waals surface area contributed by atoms with Crippen molar-refractivity contribution in [3.05, 3.63) is 58.9 Å². The number of nitrogens with zero attached hydrogens (tertiary/aromatic N) is 1. The van der Waals surface area contributed by atoms with E-state index in [1.165, 1.54) is 11.0 Å². The Morgan fingerprint density at radius 1 is 1.10 bits per heavy atom. The summed E-state index contributed by atoms with van der Waals surface area (Å²) in [4.78, 5) is 17.2. The minimum Gasteiger partial charge on any atom is -0.493 e. The molecule has 3 rings (SSSR count). The maximum atomic E-state index is 13.9. The van der Waals surface area contributed by atoms with E-state index >= 15 is 0 Å². The van der Waals surface area contributed by atoms with Crippen LogP contribution in [0.1, 0.15) is 16.7 Å². The largest absolute Gasteiger partial charge is 0.493 e. The van der Waals surface area contributed by atoms with Crippen molar-refractivity contribution in [2.24, 2.45) is 0 Å². The van der Waals surface area contributed by atoms with E-state index in [-0.39, 0.29) is 11.7 Å². The second-order valence-electron chi connectivity index (χ2n) is 8.34. The van der Waals surface area contributed by atoms with Gasteiger partial charge in [0.2, 0.25) is 0 Å². The lowest BCUT2D eigenvalue weighted by molar-refractivity contribution is -0.918. The Balaban J connectivity index is 1.50. The molecule has 2 N–H and O–H groups in total. The number of likely N-dealkylation sites (N-methyl/N-ethyl adjacent to an activating group) is 1. The summed E-state index contributed by atoms with van der Waals surface area (Å²) in [5.41, 5.74) is 3.00. The number of benzene rings is 2. The number of rotatable bonds is 8. The lowest BCUT2D eigenvalue weighted by Crippen LogP contribution is -3.14. The number of carbonyl (C=O) groups is 1. The van der Waals surface area contributed by atoms with E-state index in [0.29, 0.717) is 37.7 Å². The second-order valence-corrected chi connectivity index (χ2v) is 8.34. The molecular formula is C24H34FN3O3+2. The first-order chi connectivity index (χ1) is 14.9. The highest BCUT2D eigenvalue weighted by Crippen LogP contribution is 2.29. The van der Waals surface area contributed by atoms with Gasteiger partial charge in [-0.15, -0.1) is 0 Å². The highest BCUT2D eigenvalue weighted by atomic mass is 19.1. The van der Waals surface area contributed by atoms with Crippen LogP contribution < -0.4 is 19.3 Å². The van der Waals surface area contributed by atoms with Crippen molar-refractivity contribution in [2.45, 2.75) is 20.0 Å². The van der Waals surface area contributed by atoms with Crippen LogP contribution in [-0.2, 0) is 17.9 Å². The number of methoxy groups -OCH3 is 2. The average Bonchev–Trinajstić information content (AvgIpc) is 2.76. The predicted octanol–water partition coefficient (Wildman–Crippen LogP) is 0.0933. The number of aryl methyl sites for hydroxylation is 1. The lowest BCUT2D eigenvalue weighted by Gasteiger charge is -2.32. The summed E-state index contributed by atoms with van der Waals surface area (Å²) in [6.07, 6.45) is 0. The van der Waals surface area contributed by atoms with E-state index in [1.807, 2.05) is 43.1 Å². The topological polar surface area (TPSA) is 47.7 Å². The monoisotopic (exact) mass is 431 g/mol. The van der Waals surface area contributed by atoms with E-state index < -0.39 is 0 Å². The van der Waals surface area contributed by atoms with Crippen LogP contribution in [0.25, 0.3) is 0 Å². The van der Waals surface area contributed by atoms with Crippen LogP contribution in [0.2, 0.25) is 0 Å². The summed E-state index contributed by atoms with van der Waals surface area (Å²) >= 11 is 0. The highest BCUT2D eigenvalue weighted by Gasteiger charge is 2.26. The van der Waals surface area contributed by atoms with Gasteiger partial charge < -0.3 is 24.2 Å². The Bertz CT molecular complexity index is 898. The smallest absolute Gasteiger partial charge is 0.278 e. The molecule has 168 valence electrons. The number of piperazine rings is 1. The summed E-state index contributed by atoms with van der Waals surface area (Å²) in [6, 6.07) is 10.9. The first-order valence-electron chi connectivity index (χ1n) is 10.8. The number of amides is 1. The van der Waals surface area contributed by atoms with Crippen LogP contribution in [0.15, 0.2) is 36.4 Å². The average molecular weight is 432 g/mol. The molecule has 1 amide bonds. The molecule has 2 aromatic carbocycles. The SMILES string of the molecule is COc1cc(C)c(C[NH+](C)CC(=O)N2CC[NH+](Cc3ccccc3F)CC2)cc1OC. The van der Waals surface area contributed by atoms with Gasteiger partial charge in [0, 0.05) is 11.1 Å². The predicted molar refractivity (Wildman–Crippen MR) is 117 cm³/mol. The van der Waals surface area contributed by atoms with Crippen molar-refractivity contribution in [3.63, 3.8) is 0 Å². The molecule has 31 heavy (non-hydrogen) atoms. The zero-order valence-electron chi connectivity index (χ0n) is 19.0. The first kappa shape index (κ1) is 23.0. The fourth-order valence-corrected chi connectivity index (χ4v) is 4.13. The number of halogens is 1. The molecule has 0 aromatic heterocycles. The van der Waals surface area contributed by atoms with E-state index in [9.17, 15) is 9.18 Å². The normalized spacial score (nSPS) is 15.6. The molecule has 1 aliphatic heterocycles. The van der Waals surface area contributed by atoms with Crippen molar-refractivity contribution in [1.82, 2.24) is 4.90 Å². The molecule has 7 heteroatoms. The molecule has 1 saturated heterocycles. The molecule has 0 radical (unpaired) electrons. The van der Waals surface area contributed by atoms with Gasteiger partial charge in [-0.2, -0.15) is 0 Å². The molecule has 1 aliphatic rings. The molecular weight excluding hydrogens is 397 g/mol. The van der Waals surface area contributed by atoms with Crippen LogP contribution >= 0.6 is 0 Å². The van der Waals surface area contributed by atoms with Crippen molar-refractivity contribution < 1.29 is 28.5 Å². The van der Waals surface area contributed by atoms with E-state index in [4.69, 9.17) is 9.47 Å². The standard InChI is InChI=1S/C24H32FN3O3/c1-18-13-22(30-3)23(31-4)14-20(18)15-26(2)17-24(29)28-11-9-27(10-12-28)16-19-7-5-6-8-21(19)25/h5-8,13-14H,9-12,15-17H2,1-4H3/p+2. The molecule has 6 nitrogen and oxygen atoms in total. The summed E-state index contributed by atoms with van der Waals surface area (Å²) in [5, 5.41) is 0.